The van der Waals surface area contributed by atoms with E-state index in [4.69, 9.17) is 17.3 Å². The molecule has 4 atom stereocenters. The van der Waals surface area contributed by atoms with Crippen molar-refractivity contribution in [3.8, 4) is 0 Å². The van der Waals surface area contributed by atoms with Crippen molar-refractivity contribution in [2.75, 3.05) is 5.32 Å². The summed E-state index contributed by atoms with van der Waals surface area (Å²) < 4.78 is 1.71. The summed E-state index contributed by atoms with van der Waals surface area (Å²) in [7, 11) is 0. The first-order valence-corrected chi connectivity index (χ1v) is 7.25. The number of aryl methyl sites for hydroxylation is 1. The highest BCUT2D eigenvalue weighted by molar-refractivity contribution is 6.33. The quantitative estimate of drug-likeness (QED) is 0.889. The van der Waals surface area contributed by atoms with Crippen LogP contribution in [0.15, 0.2) is 6.20 Å². The highest BCUT2D eigenvalue weighted by Gasteiger charge is 2.47. The van der Waals surface area contributed by atoms with Crippen molar-refractivity contribution in [2.45, 2.75) is 38.8 Å². The maximum Gasteiger partial charge on any atom is 0.228 e. The predicted octanol–water partition coefficient (Wildman–Crippen LogP) is 1.87. The van der Waals surface area contributed by atoms with Crippen molar-refractivity contribution in [3.63, 3.8) is 0 Å². The Balaban J connectivity index is 1.63. The zero-order valence-corrected chi connectivity index (χ0v) is 11.7. The van der Waals surface area contributed by atoms with Gasteiger partial charge in [-0.3, -0.25) is 9.48 Å². The summed E-state index contributed by atoms with van der Waals surface area (Å²) in [5.74, 6) is 1.75. The first-order valence-electron chi connectivity index (χ1n) is 6.88. The molecule has 3 N–H and O–H groups in total. The van der Waals surface area contributed by atoms with Gasteiger partial charge in [0.05, 0.1) is 0 Å². The molecule has 2 aliphatic carbocycles. The van der Waals surface area contributed by atoms with Crippen LogP contribution < -0.4 is 11.1 Å². The minimum atomic E-state index is 0.0323. The fourth-order valence-electron chi connectivity index (χ4n) is 3.36. The summed E-state index contributed by atoms with van der Waals surface area (Å²) in [5, 5.41) is 7.58. The Morgan fingerprint density at radius 3 is 2.95 bits per heavy atom. The highest BCUT2D eigenvalue weighted by atomic mass is 35.5. The smallest absolute Gasteiger partial charge is 0.228 e. The lowest BCUT2D eigenvalue weighted by atomic mass is 9.72. The van der Waals surface area contributed by atoms with Crippen molar-refractivity contribution in [1.29, 1.82) is 0 Å². The molecule has 1 unspecified atom stereocenters. The minimum Gasteiger partial charge on any atom is -0.327 e. The van der Waals surface area contributed by atoms with Crippen molar-refractivity contribution >= 4 is 23.3 Å². The van der Waals surface area contributed by atoms with Crippen LogP contribution in [0, 0.1) is 17.8 Å². The number of amides is 1. The molecular formula is C13H19ClN4O. The Hall–Kier alpha value is -1.07. The third kappa shape index (κ3) is 2.25. The second-order valence-electron chi connectivity index (χ2n) is 5.66. The van der Waals surface area contributed by atoms with Gasteiger partial charge >= 0.3 is 0 Å². The summed E-state index contributed by atoms with van der Waals surface area (Å²) >= 11 is 6.05. The number of halogens is 1. The van der Waals surface area contributed by atoms with E-state index < -0.39 is 0 Å². The van der Waals surface area contributed by atoms with E-state index in [9.17, 15) is 4.79 Å². The van der Waals surface area contributed by atoms with E-state index >= 15 is 0 Å². The molecule has 0 radical (unpaired) electrons. The molecule has 2 aliphatic rings. The van der Waals surface area contributed by atoms with E-state index in [0.717, 1.165) is 25.8 Å². The van der Waals surface area contributed by atoms with E-state index in [1.54, 1.807) is 10.9 Å². The number of carbonyl (C=O) groups excluding carboxylic acids is 1. The van der Waals surface area contributed by atoms with E-state index in [1.807, 2.05) is 6.92 Å². The van der Waals surface area contributed by atoms with Crippen LogP contribution in [0.1, 0.15) is 26.2 Å². The Morgan fingerprint density at radius 2 is 2.37 bits per heavy atom. The van der Waals surface area contributed by atoms with Crippen LogP contribution in [0.4, 0.5) is 5.82 Å². The molecule has 0 saturated heterocycles. The van der Waals surface area contributed by atoms with E-state index in [0.29, 0.717) is 28.7 Å². The second-order valence-corrected chi connectivity index (χ2v) is 6.07. The normalized spacial score (nSPS) is 32.8. The number of nitrogens with zero attached hydrogens (tertiary/aromatic N) is 2. The summed E-state index contributed by atoms with van der Waals surface area (Å²) in [6.45, 7) is 2.71. The number of carbonyl (C=O) groups is 1. The van der Waals surface area contributed by atoms with Gasteiger partial charge in [-0.2, -0.15) is 5.10 Å². The zero-order chi connectivity index (χ0) is 13.6. The van der Waals surface area contributed by atoms with Gasteiger partial charge in [-0.25, -0.2) is 0 Å². The molecular weight excluding hydrogens is 264 g/mol. The number of hydrogen-bond acceptors (Lipinski definition) is 3. The monoisotopic (exact) mass is 282 g/mol. The van der Waals surface area contributed by atoms with Gasteiger partial charge in [0, 0.05) is 24.7 Å². The lowest BCUT2D eigenvalue weighted by Gasteiger charge is -2.37. The van der Waals surface area contributed by atoms with Gasteiger partial charge in [0.2, 0.25) is 5.91 Å². The Kier molecular flexibility index (Phi) is 3.27. The molecule has 2 saturated carbocycles. The molecule has 1 amide bonds. The first-order chi connectivity index (χ1) is 9.08. The molecule has 1 aromatic heterocycles. The SMILES string of the molecule is CCn1cc(Cl)c(NC(=O)C2C[C@@H]3C[C@H](N)[C@@H]3C2)n1. The number of aromatic nitrogens is 2. The fraction of sp³-hybridized carbons (Fsp3) is 0.692. The molecule has 6 heteroatoms. The van der Waals surface area contributed by atoms with E-state index in [2.05, 4.69) is 10.4 Å². The van der Waals surface area contributed by atoms with Crippen LogP contribution >= 0.6 is 11.6 Å². The van der Waals surface area contributed by atoms with E-state index in [1.165, 1.54) is 0 Å². The van der Waals surface area contributed by atoms with Crippen molar-refractivity contribution in [1.82, 2.24) is 9.78 Å². The molecule has 2 fully saturated rings. The summed E-state index contributed by atoms with van der Waals surface area (Å²) in [4.78, 5) is 12.2. The van der Waals surface area contributed by atoms with Gasteiger partial charge in [0.25, 0.3) is 0 Å². The molecule has 1 heterocycles. The molecule has 1 aromatic rings. The topological polar surface area (TPSA) is 72.9 Å². The van der Waals surface area contributed by atoms with E-state index in [-0.39, 0.29) is 11.8 Å². The van der Waals surface area contributed by atoms with Gasteiger partial charge < -0.3 is 11.1 Å². The van der Waals surface area contributed by atoms with Crippen molar-refractivity contribution in [2.24, 2.45) is 23.5 Å². The highest BCUT2D eigenvalue weighted by Crippen LogP contribution is 2.49. The fourth-order valence-corrected chi connectivity index (χ4v) is 3.56. The van der Waals surface area contributed by atoms with Crippen LogP contribution in [-0.4, -0.2) is 21.7 Å². The number of fused-ring (bicyclic) bond motifs is 1. The van der Waals surface area contributed by atoms with Crippen LogP contribution in [0.3, 0.4) is 0 Å². The number of rotatable bonds is 3. The largest absolute Gasteiger partial charge is 0.327 e. The third-order valence-electron chi connectivity index (χ3n) is 4.53. The maximum absolute atomic E-state index is 12.2. The average Bonchev–Trinajstić information content (AvgIpc) is 2.90. The predicted molar refractivity (Wildman–Crippen MR) is 73.8 cm³/mol. The van der Waals surface area contributed by atoms with Gasteiger partial charge in [-0.1, -0.05) is 11.6 Å². The lowest BCUT2D eigenvalue weighted by molar-refractivity contribution is -0.119. The van der Waals surface area contributed by atoms with Gasteiger partial charge in [-0.05, 0) is 38.0 Å². The third-order valence-corrected chi connectivity index (χ3v) is 4.80. The molecule has 0 aliphatic heterocycles. The maximum atomic E-state index is 12.2. The molecule has 104 valence electrons. The number of nitrogens with one attached hydrogen (secondary N) is 1. The lowest BCUT2D eigenvalue weighted by Crippen LogP contribution is -2.44. The number of anilines is 1. The van der Waals surface area contributed by atoms with Crippen LogP contribution in [-0.2, 0) is 11.3 Å². The molecule has 0 aromatic carbocycles. The van der Waals surface area contributed by atoms with Gasteiger partial charge in [-0.15, -0.1) is 0 Å². The van der Waals surface area contributed by atoms with Crippen molar-refractivity contribution < 1.29 is 4.79 Å². The first kappa shape index (κ1) is 12.9. The summed E-state index contributed by atoms with van der Waals surface area (Å²) in [6.07, 6.45) is 4.66. The summed E-state index contributed by atoms with van der Waals surface area (Å²) in [5.41, 5.74) is 5.96. The van der Waals surface area contributed by atoms with Gasteiger partial charge in [0.15, 0.2) is 5.82 Å². The average molecular weight is 283 g/mol. The molecule has 3 rings (SSSR count). The number of nitrogens with two attached hydrogens (primary N) is 1. The molecule has 0 spiro atoms. The second kappa shape index (κ2) is 4.80. The molecule has 19 heavy (non-hydrogen) atoms. The Bertz CT molecular complexity index is 501. The standard InChI is InChI=1S/C13H19ClN4O/c1-2-18-6-10(14)12(17-18)16-13(19)8-3-7-5-11(15)9(7)4-8/h6-9,11H,2-5,15H2,1H3,(H,16,17,19)/t7-,8?,9-,11+/m1/s1. The number of hydrogen-bond donors (Lipinski definition) is 2. The molecule has 5 nitrogen and oxygen atoms in total. The van der Waals surface area contributed by atoms with Gasteiger partial charge in [0.1, 0.15) is 5.02 Å². The van der Waals surface area contributed by atoms with Crippen molar-refractivity contribution in [3.05, 3.63) is 11.2 Å². The van der Waals surface area contributed by atoms with Crippen LogP contribution in [0.5, 0.6) is 0 Å². The Labute approximate surface area is 117 Å². The minimum absolute atomic E-state index is 0.0323. The molecule has 0 bridgehead atoms. The Morgan fingerprint density at radius 1 is 1.58 bits per heavy atom. The van der Waals surface area contributed by atoms with Crippen LogP contribution in [0.2, 0.25) is 5.02 Å². The van der Waals surface area contributed by atoms with Crippen LogP contribution in [0.25, 0.3) is 0 Å². The summed E-state index contributed by atoms with van der Waals surface area (Å²) in [6, 6.07) is 0.297. The zero-order valence-electron chi connectivity index (χ0n) is 11.0.